The number of nitrogens with one attached hydrogen (secondary N) is 2. The van der Waals surface area contributed by atoms with Crippen LogP contribution in [0, 0.1) is 0 Å². The number of amides is 2. The molecule has 4 N–H and O–H groups in total. The van der Waals surface area contributed by atoms with Gasteiger partial charge in [0.05, 0.1) is 42.7 Å². The number of rotatable bonds is 15. The first kappa shape index (κ1) is 35.0. The zero-order chi connectivity index (χ0) is 34.7. The van der Waals surface area contributed by atoms with Gasteiger partial charge in [-0.25, -0.2) is 10.5 Å². The fraction of sp³-hybridized carbons (Fsp3) is 0.325. The van der Waals surface area contributed by atoms with E-state index in [1.165, 1.54) is 0 Å². The maximum Gasteiger partial charge on any atom is 0.243 e. The lowest BCUT2D eigenvalue weighted by Gasteiger charge is -2.36. The minimum atomic E-state index is -0.582. The Morgan fingerprint density at radius 2 is 1.50 bits per heavy atom. The number of hydrogen-bond donors (Lipinski definition) is 4. The van der Waals surface area contributed by atoms with Crippen LogP contribution in [-0.4, -0.2) is 37.8 Å². The quantitative estimate of drug-likeness (QED) is 0.0538. The number of aromatic nitrogens is 2. The van der Waals surface area contributed by atoms with Crippen LogP contribution in [0.15, 0.2) is 103 Å². The average molecular weight is 677 g/mol. The summed E-state index contributed by atoms with van der Waals surface area (Å²) in [6, 6.07) is 32.3. The summed E-state index contributed by atoms with van der Waals surface area (Å²) in [4.78, 5) is 28.3. The van der Waals surface area contributed by atoms with Crippen molar-refractivity contribution in [1.82, 2.24) is 20.3 Å². The van der Waals surface area contributed by atoms with Crippen molar-refractivity contribution in [3.8, 4) is 11.1 Å². The molecule has 2 heterocycles. The Labute approximate surface area is 292 Å². The van der Waals surface area contributed by atoms with Crippen LogP contribution in [0.1, 0.15) is 79.6 Å². The van der Waals surface area contributed by atoms with Crippen LogP contribution in [0.3, 0.4) is 0 Å². The number of hydroxylamine groups is 1. The van der Waals surface area contributed by atoms with E-state index in [-0.39, 0.29) is 37.0 Å². The maximum absolute atomic E-state index is 12.6. The van der Waals surface area contributed by atoms with E-state index in [0.29, 0.717) is 32.4 Å². The van der Waals surface area contributed by atoms with E-state index in [0.717, 1.165) is 63.7 Å². The van der Waals surface area contributed by atoms with Gasteiger partial charge < -0.3 is 24.5 Å². The lowest BCUT2D eigenvalue weighted by atomic mass is 9.97. The van der Waals surface area contributed by atoms with Crippen LogP contribution >= 0.6 is 0 Å². The molecule has 0 saturated carbocycles. The molecule has 50 heavy (non-hydrogen) atoms. The SMILES string of the molecule is O=C(CCCCCCC(=O)NCc1ccccc1-c1ccc([C@H]2O[C@@H](Cn3cnc4ccccc43)C[C@@H](c3ccc(CO)cc3)O2)cc1)NO. The van der Waals surface area contributed by atoms with Gasteiger partial charge in [0.25, 0.3) is 0 Å². The zero-order valence-electron chi connectivity index (χ0n) is 28.0. The molecular weight excluding hydrogens is 632 g/mol. The fourth-order valence-corrected chi connectivity index (χ4v) is 6.45. The lowest BCUT2D eigenvalue weighted by Crippen LogP contribution is -2.32. The van der Waals surface area contributed by atoms with Gasteiger partial charge in [-0.2, -0.15) is 0 Å². The summed E-state index contributed by atoms with van der Waals surface area (Å²) in [5.41, 5.74) is 9.54. The molecule has 260 valence electrons. The number of carbonyl (C=O) groups excluding carboxylic acids is 2. The highest BCUT2D eigenvalue weighted by molar-refractivity contribution is 5.77. The normalized spacial score (nSPS) is 17.4. The first-order chi connectivity index (χ1) is 24.5. The van der Waals surface area contributed by atoms with Crippen molar-refractivity contribution in [3.05, 3.63) is 126 Å². The number of aliphatic hydroxyl groups is 1. The summed E-state index contributed by atoms with van der Waals surface area (Å²) in [5, 5.41) is 21.2. The van der Waals surface area contributed by atoms with Gasteiger partial charge in [-0.15, -0.1) is 0 Å². The van der Waals surface area contributed by atoms with Crippen LogP contribution in [0.25, 0.3) is 22.2 Å². The Morgan fingerprint density at radius 1 is 0.800 bits per heavy atom. The lowest BCUT2D eigenvalue weighted by molar-refractivity contribution is -0.252. The summed E-state index contributed by atoms with van der Waals surface area (Å²) in [6.07, 6.45) is 5.44. The van der Waals surface area contributed by atoms with Gasteiger partial charge >= 0.3 is 0 Å². The first-order valence-corrected chi connectivity index (χ1v) is 17.3. The second kappa shape index (κ2) is 17.2. The highest BCUT2D eigenvalue weighted by Gasteiger charge is 2.32. The van der Waals surface area contributed by atoms with Gasteiger partial charge in [-0.3, -0.25) is 14.8 Å². The topological polar surface area (TPSA) is 135 Å². The van der Waals surface area contributed by atoms with E-state index < -0.39 is 6.29 Å². The van der Waals surface area contributed by atoms with Crippen molar-refractivity contribution in [1.29, 1.82) is 0 Å². The van der Waals surface area contributed by atoms with E-state index in [9.17, 15) is 14.7 Å². The molecule has 0 unspecified atom stereocenters. The minimum absolute atomic E-state index is 0.00588. The highest BCUT2D eigenvalue weighted by atomic mass is 16.7. The number of unbranched alkanes of at least 4 members (excludes halogenated alkanes) is 3. The monoisotopic (exact) mass is 676 g/mol. The van der Waals surface area contributed by atoms with Crippen molar-refractivity contribution in [2.45, 2.75) is 83.1 Å². The predicted molar refractivity (Wildman–Crippen MR) is 190 cm³/mol. The van der Waals surface area contributed by atoms with Crippen LogP contribution in [0.5, 0.6) is 0 Å². The van der Waals surface area contributed by atoms with Crippen molar-refractivity contribution < 1.29 is 29.4 Å². The Bertz CT molecular complexity index is 1860. The van der Waals surface area contributed by atoms with Crippen LogP contribution in [0.4, 0.5) is 0 Å². The molecule has 1 aromatic heterocycles. The highest BCUT2D eigenvalue weighted by Crippen LogP contribution is 2.39. The molecule has 1 aliphatic rings. The minimum Gasteiger partial charge on any atom is -0.392 e. The molecule has 3 atom stereocenters. The van der Waals surface area contributed by atoms with Crippen LogP contribution in [-0.2, 0) is 38.8 Å². The molecule has 4 aromatic carbocycles. The molecule has 10 heteroatoms. The molecular formula is C40H44N4O6. The predicted octanol–water partition coefficient (Wildman–Crippen LogP) is 6.90. The Morgan fingerprint density at radius 3 is 2.26 bits per heavy atom. The van der Waals surface area contributed by atoms with Gasteiger partial charge in [-0.1, -0.05) is 97.8 Å². The summed E-state index contributed by atoms with van der Waals surface area (Å²) < 4.78 is 15.3. The van der Waals surface area contributed by atoms with Crippen molar-refractivity contribution in [3.63, 3.8) is 0 Å². The van der Waals surface area contributed by atoms with Crippen LogP contribution < -0.4 is 10.8 Å². The second-order valence-corrected chi connectivity index (χ2v) is 12.7. The number of benzene rings is 4. The second-order valence-electron chi connectivity index (χ2n) is 12.7. The van der Waals surface area contributed by atoms with Gasteiger partial charge in [-0.05, 0) is 52.8 Å². The molecule has 1 fully saturated rings. The largest absolute Gasteiger partial charge is 0.392 e. The molecule has 0 spiro atoms. The van der Waals surface area contributed by atoms with E-state index in [2.05, 4.69) is 39.1 Å². The number of imidazole rings is 1. The van der Waals surface area contributed by atoms with Crippen LogP contribution in [0.2, 0.25) is 0 Å². The number of fused-ring (bicyclic) bond motifs is 1. The molecule has 1 saturated heterocycles. The molecule has 0 aliphatic carbocycles. The molecule has 6 rings (SSSR count). The van der Waals surface area contributed by atoms with E-state index in [4.69, 9.17) is 14.7 Å². The standard InChI is InChI=1S/C40H44N4O6/c45-26-28-15-17-30(18-16-28)37-23-33(25-44-27-42-35-11-7-8-12-36(35)44)49-40(50-37)31-21-19-29(20-22-31)34-10-6-5-9-32(34)24-41-38(46)13-3-1-2-4-14-39(47)43-48/h5-12,15-22,27,33,37,40,45,48H,1-4,13-14,23-26H2,(H,41,46)(H,43,47)/t33-,37+,40+/m1/s1. The third-order valence-corrected chi connectivity index (χ3v) is 9.21. The Balaban J connectivity index is 1.11. The van der Waals surface area contributed by atoms with Crippen molar-refractivity contribution in [2.24, 2.45) is 0 Å². The number of para-hydroxylation sites is 2. The van der Waals surface area contributed by atoms with E-state index >= 15 is 0 Å². The number of hydrogen-bond acceptors (Lipinski definition) is 7. The zero-order valence-corrected chi connectivity index (χ0v) is 28.0. The summed E-state index contributed by atoms with van der Waals surface area (Å²) in [5.74, 6) is -0.389. The number of nitrogens with zero attached hydrogens (tertiary/aromatic N) is 2. The molecule has 0 bridgehead atoms. The van der Waals surface area contributed by atoms with E-state index in [1.54, 1.807) is 5.48 Å². The molecule has 0 radical (unpaired) electrons. The van der Waals surface area contributed by atoms with Crippen molar-refractivity contribution in [2.75, 3.05) is 0 Å². The third kappa shape index (κ3) is 9.02. The van der Waals surface area contributed by atoms with Gasteiger partial charge in [0.2, 0.25) is 11.8 Å². The molecule has 1 aliphatic heterocycles. The summed E-state index contributed by atoms with van der Waals surface area (Å²) in [6.45, 7) is 1.04. The average Bonchev–Trinajstić information content (AvgIpc) is 3.57. The van der Waals surface area contributed by atoms with Crippen molar-refractivity contribution >= 4 is 22.8 Å². The first-order valence-electron chi connectivity index (χ1n) is 17.3. The molecule has 10 nitrogen and oxygen atoms in total. The third-order valence-electron chi connectivity index (χ3n) is 9.21. The summed E-state index contributed by atoms with van der Waals surface area (Å²) >= 11 is 0. The van der Waals surface area contributed by atoms with Gasteiger partial charge in [0, 0.05) is 31.4 Å². The maximum atomic E-state index is 12.6. The Kier molecular flexibility index (Phi) is 12.0. The Hall–Kier alpha value is -4.87. The van der Waals surface area contributed by atoms with Gasteiger partial charge in [0.1, 0.15) is 0 Å². The van der Waals surface area contributed by atoms with E-state index in [1.807, 2.05) is 79.1 Å². The number of carbonyl (C=O) groups is 2. The number of aliphatic hydroxyl groups excluding tert-OH is 1. The molecule has 2 amide bonds. The van der Waals surface area contributed by atoms with Gasteiger partial charge in [0.15, 0.2) is 6.29 Å². The number of ether oxygens (including phenoxy) is 2. The summed E-state index contributed by atoms with van der Waals surface area (Å²) in [7, 11) is 0. The molecule has 5 aromatic rings. The smallest absolute Gasteiger partial charge is 0.243 e. The fourth-order valence-electron chi connectivity index (χ4n) is 6.45.